The average Bonchev–Trinajstić information content (AvgIpc) is 2.94. The number of nitrogens with one attached hydrogen (secondary N) is 1. The molecule has 0 saturated carbocycles. The molecule has 1 aromatic carbocycles. The molecule has 1 amide bonds. The Morgan fingerprint density at radius 3 is 2.74 bits per heavy atom. The number of furan rings is 1. The zero-order valence-corrected chi connectivity index (χ0v) is 13.3. The van der Waals surface area contributed by atoms with Crippen molar-refractivity contribution in [3.63, 3.8) is 0 Å². The SMILES string of the molecule is CC(C)NC(=O)c1ccc(COc2ccc([N+](=O)[O-])cc2Cl)o1. The fourth-order valence-electron chi connectivity index (χ4n) is 1.78. The Hall–Kier alpha value is -2.54. The van der Waals surface area contributed by atoms with Crippen LogP contribution in [-0.2, 0) is 6.61 Å². The number of nitrogens with zero attached hydrogens (tertiary/aromatic N) is 1. The largest absolute Gasteiger partial charge is 0.484 e. The predicted molar refractivity (Wildman–Crippen MR) is 83.7 cm³/mol. The van der Waals surface area contributed by atoms with E-state index in [0.29, 0.717) is 11.5 Å². The molecule has 0 spiro atoms. The third-order valence-corrected chi connectivity index (χ3v) is 3.10. The van der Waals surface area contributed by atoms with Gasteiger partial charge in [-0.1, -0.05) is 11.6 Å². The average molecular weight is 339 g/mol. The van der Waals surface area contributed by atoms with Gasteiger partial charge in [0.25, 0.3) is 11.6 Å². The molecule has 1 aromatic heterocycles. The Balaban J connectivity index is 2.00. The van der Waals surface area contributed by atoms with Crippen molar-refractivity contribution in [2.45, 2.75) is 26.5 Å². The number of hydrogen-bond acceptors (Lipinski definition) is 5. The topological polar surface area (TPSA) is 94.6 Å². The van der Waals surface area contributed by atoms with Gasteiger partial charge in [-0.15, -0.1) is 0 Å². The summed E-state index contributed by atoms with van der Waals surface area (Å²) in [6.07, 6.45) is 0. The van der Waals surface area contributed by atoms with Crippen LogP contribution in [0.5, 0.6) is 5.75 Å². The molecule has 0 aliphatic rings. The maximum Gasteiger partial charge on any atom is 0.287 e. The maximum atomic E-state index is 11.8. The molecule has 0 atom stereocenters. The molecule has 7 nitrogen and oxygen atoms in total. The molecular formula is C15H15ClN2O5. The number of rotatable bonds is 6. The smallest absolute Gasteiger partial charge is 0.287 e. The first kappa shape index (κ1) is 16.8. The minimum absolute atomic E-state index is 0.00576. The van der Waals surface area contributed by atoms with Crippen LogP contribution in [0.25, 0.3) is 0 Å². The van der Waals surface area contributed by atoms with Crippen LogP contribution in [0, 0.1) is 10.1 Å². The summed E-state index contributed by atoms with van der Waals surface area (Å²) in [6.45, 7) is 3.75. The molecule has 23 heavy (non-hydrogen) atoms. The van der Waals surface area contributed by atoms with E-state index in [1.165, 1.54) is 18.2 Å². The Morgan fingerprint density at radius 1 is 1.39 bits per heavy atom. The highest BCUT2D eigenvalue weighted by atomic mass is 35.5. The van der Waals surface area contributed by atoms with Crippen LogP contribution in [0.2, 0.25) is 5.02 Å². The molecule has 0 aliphatic heterocycles. The van der Waals surface area contributed by atoms with Crippen LogP contribution in [0.3, 0.4) is 0 Å². The van der Waals surface area contributed by atoms with Gasteiger partial charge in [-0.2, -0.15) is 0 Å². The molecule has 2 aromatic rings. The molecule has 0 aliphatic carbocycles. The van der Waals surface area contributed by atoms with Crippen molar-refractivity contribution in [3.8, 4) is 5.75 Å². The van der Waals surface area contributed by atoms with Crippen molar-refractivity contribution in [2.75, 3.05) is 0 Å². The van der Waals surface area contributed by atoms with Crippen LogP contribution in [0.15, 0.2) is 34.7 Å². The Bertz CT molecular complexity index is 726. The number of ether oxygens (including phenoxy) is 1. The fourth-order valence-corrected chi connectivity index (χ4v) is 2.01. The first-order chi connectivity index (χ1) is 10.9. The second-order valence-electron chi connectivity index (χ2n) is 5.05. The van der Waals surface area contributed by atoms with Crippen molar-refractivity contribution < 1.29 is 18.9 Å². The molecular weight excluding hydrogens is 324 g/mol. The number of non-ortho nitro benzene ring substituents is 1. The van der Waals surface area contributed by atoms with Crippen LogP contribution >= 0.6 is 11.6 Å². The minimum atomic E-state index is -0.540. The third kappa shape index (κ3) is 4.46. The van der Waals surface area contributed by atoms with Crippen molar-refractivity contribution in [1.82, 2.24) is 5.32 Å². The summed E-state index contributed by atoms with van der Waals surface area (Å²) in [4.78, 5) is 21.9. The Morgan fingerprint density at radius 2 is 2.13 bits per heavy atom. The quantitative estimate of drug-likeness (QED) is 0.642. The summed E-state index contributed by atoms with van der Waals surface area (Å²) in [7, 11) is 0. The van der Waals surface area contributed by atoms with Crippen molar-refractivity contribution in [2.24, 2.45) is 0 Å². The summed E-state index contributed by atoms with van der Waals surface area (Å²) in [5.74, 6) is 0.613. The molecule has 0 saturated heterocycles. The molecule has 0 bridgehead atoms. The van der Waals surface area contributed by atoms with E-state index < -0.39 is 4.92 Å². The number of hydrogen-bond donors (Lipinski definition) is 1. The monoisotopic (exact) mass is 338 g/mol. The highest BCUT2D eigenvalue weighted by Crippen LogP contribution is 2.29. The summed E-state index contributed by atoms with van der Waals surface area (Å²) in [5.41, 5.74) is -0.118. The summed E-state index contributed by atoms with van der Waals surface area (Å²) in [6, 6.07) is 7.09. The van der Waals surface area contributed by atoms with Gasteiger partial charge in [-0.25, -0.2) is 0 Å². The summed E-state index contributed by atoms with van der Waals surface area (Å²) >= 11 is 5.93. The number of carbonyl (C=O) groups is 1. The van der Waals surface area contributed by atoms with E-state index in [1.807, 2.05) is 13.8 Å². The van der Waals surface area contributed by atoms with Crippen LogP contribution in [0.1, 0.15) is 30.2 Å². The second kappa shape index (κ2) is 7.15. The Kier molecular flexibility index (Phi) is 5.23. The van der Waals surface area contributed by atoms with Crippen molar-refractivity contribution >= 4 is 23.2 Å². The molecule has 1 N–H and O–H groups in total. The third-order valence-electron chi connectivity index (χ3n) is 2.80. The second-order valence-corrected chi connectivity index (χ2v) is 5.46. The number of nitro benzene ring substituents is 1. The van der Waals surface area contributed by atoms with Gasteiger partial charge in [-0.05, 0) is 32.0 Å². The molecule has 122 valence electrons. The van der Waals surface area contributed by atoms with Crippen LogP contribution in [0.4, 0.5) is 5.69 Å². The normalized spacial score (nSPS) is 10.6. The highest BCUT2D eigenvalue weighted by molar-refractivity contribution is 6.32. The first-order valence-corrected chi connectivity index (χ1v) is 7.21. The predicted octanol–water partition coefficient (Wildman–Crippen LogP) is 3.56. The lowest BCUT2D eigenvalue weighted by Gasteiger charge is -2.07. The van der Waals surface area contributed by atoms with E-state index in [4.69, 9.17) is 20.8 Å². The van der Waals surface area contributed by atoms with Crippen LogP contribution in [-0.4, -0.2) is 16.9 Å². The molecule has 1 heterocycles. The van der Waals surface area contributed by atoms with E-state index in [2.05, 4.69) is 5.32 Å². The van der Waals surface area contributed by atoms with Gasteiger partial charge < -0.3 is 14.5 Å². The molecule has 8 heteroatoms. The van der Waals surface area contributed by atoms with E-state index >= 15 is 0 Å². The van der Waals surface area contributed by atoms with Gasteiger partial charge in [0.2, 0.25) is 0 Å². The van der Waals surface area contributed by atoms with Gasteiger partial charge in [0.05, 0.1) is 9.95 Å². The van der Waals surface area contributed by atoms with E-state index in [-0.39, 0.29) is 35.0 Å². The van der Waals surface area contributed by atoms with E-state index in [0.717, 1.165) is 0 Å². The van der Waals surface area contributed by atoms with Crippen LogP contribution < -0.4 is 10.1 Å². The molecule has 0 radical (unpaired) electrons. The molecule has 0 fully saturated rings. The molecule has 2 rings (SSSR count). The van der Waals surface area contributed by atoms with Gasteiger partial charge in [0.1, 0.15) is 18.1 Å². The highest BCUT2D eigenvalue weighted by Gasteiger charge is 2.14. The Labute approximate surface area is 137 Å². The molecule has 0 unspecified atom stereocenters. The van der Waals surface area contributed by atoms with Gasteiger partial charge in [-0.3, -0.25) is 14.9 Å². The summed E-state index contributed by atoms with van der Waals surface area (Å²) < 4.78 is 10.8. The van der Waals surface area contributed by atoms with Crippen molar-refractivity contribution in [3.05, 3.63) is 57.0 Å². The zero-order valence-electron chi connectivity index (χ0n) is 12.5. The van der Waals surface area contributed by atoms with Gasteiger partial charge >= 0.3 is 0 Å². The standard InChI is InChI=1S/C15H15ClN2O5/c1-9(2)17-15(19)14-6-4-11(23-14)8-22-13-5-3-10(18(20)21)7-12(13)16/h3-7,9H,8H2,1-2H3,(H,17,19). The number of benzene rings is 1. The maximum absolute atomic E-state index is 11.8. The minimum Gasteiger partial charge on any atom is -0.484 e. The summed E-state index contributed by atoms with van der Waals surface area (Å²) in [5, 5.41) is 13.5. The van der Waals surface area contributed by atoms with Gasteiger partial charge in [0, 0.05) is 18.2 Å². The number of nitro groups is 1. The van der Waals surface area contributed by atoms with E-state index in [9.17, 15) is 14.9 Å². The number of amides is 1. The van der Waals surface area contributed by atoms with E-state index in [1.54, 1.807) is 12.1 Å². The zero-order chi connectivity index (χ0) is 17.0. The lowest BCUT2D eigenvalue weighted by molar-refractivity contribution is -0.384. The number of halogens is 1. The van der Waals surface area contributed by atoms with Gasteiger partial charge in [0.15, 0.2) is 5.76 Å². The van der Waals surface area contributed by atoms with Crippen molar-refractivity contribution in [1.29, 1.82) is 0 Å². The fraction of sp³-hybridized carbons (Fsp3) is 0.267. The number of carbonyl (C=O) groups excluding carboxylic acids is 1. The lowest BCUT2D eigenvalue weighted by atomic mass is 10.3. The lowest BCUT2D eigenvalue weighted by Crippen LogP contribution is -2.29. The first-order valence-electron chi connectivity index (χ1n) is 6.83.